The summed E-state index contributed by atoms with van der Waals surface area (Å²) >= 11 is -2.50. The highest BCUT2D eigenvalue weighted by molar-refractivity contribution is 7.74. The zero-order valence-electron chi connectivity index (χ0n) is 15.8. The average Bonchev–Trinajstić information content (AvgIpc) is 2.56. The largest absolute Gasteiger partial charge is 0.750 e. The number of hydrogen-bond donors (Lipinski definition) is 1. The molecule has 0 amide bonds. The molecule has 1 aromatic carbocycles. The minimum absolute atomic E-state index is 0. The van der Waals surface area contributed by atoms with E-state index < -0.39 is 17.0 Å². The Morgan fingerprint density at radius 2 is 1.58 bits per heavy atom. The van der Waals surface area contributed by atoms with Gasteiger partial charge in [-0.1, -0.05) is 77.1 Å². The first-order chi connectivity index (χ1) is 11.1. The van der Waals surface area contributed by atoms with Crippen molar-refractivity contribution in [3.05, 3.63) is 35.4 Å². The molecule has 1 unspecified atom stereocenters. The average molecular weight is 358 g/mol. The second kappa shape index (κ2) is 12.6. The fourth-order valence-corrected chi connectivity index (χ4v) is 3.79. The van der Waals surface area contributed by atoms with Crippen LogP contribution < -0.4 is 6.15 Å². The number of rotatable bonds is 12. The highest BCUT2D eigenvalue weighted by Crippen LogP contribution is 2.36. The van der Waals surface area contributed by atoms with Gasteiger partial charge >= 0.3 is 0 Å². The van der Waals surface area contributed by atoms with Gasteiger partial charge in [-0.25, -0.2) is 4.21 Å². The van der Waals surface area contributed by atoms with Crippen molar-refractivity contribution in [2.24, 2.45) is 0 Å². The predicted molar refractivity (Wildman–Crippen MR) is 102 cm³/mol. The molecule has 0 bridgehead atoms. The molecule has 0 aliphatic rings. The maximum Gasteiger partial charge on any atom is 0.109 e. The third kappa shape index (κ3) is 7.01. The number of hydrogen-bond acceptors (Lipinski definition) is 3. The second-order valence-electron chi connectivity index (χ2n) is 6.16. The van der Waals surface area contributed by atoms with Gasteiger partial charge < -0.3 is 10.7 Å². The summed E-state index contributed by atoms with van der Waals surface area (Å²) in [6.45, 7) is 6.20. The Labute approximate surface area is 150 Å². The second-order valence-corrected chi connectivity index (χ2v) is 6.74. The van der Waals surface area contributed by atoms with Crippen LogP contribution in [-0.2, 0) is 27.6 Å². The molecule has 4 nitrogen and oxygen atoms in total. The normalized spacial score (nSPS) is 12.7. The van der Waals surface area contributed by atoms with Crippen LogP contribution in [0.2, 0.25) is 0 Å². The van der Waals surface area contributed by atoms with Gasteiger partial charge in [0.05, 0.1) is 11.4 Å². The summed E-state index contributed by atoms with van der Waals surface area (Å²) in [7, 11) is 0. The molecule has 24 heavy (non-hydrogen) atoms. The lowest BCUT2D eigenvalue weighted by Gasteiger charge is -2.34. The van der Waals surface area contributed by atoms with Gasteiger partial charge in [0.15, 0.2) is 0 Å². The molecular weight excluding hydrogens is 322 g/mol. The Morgan fingerprint density at radius 3 is 2.17 bits per heavy atom. The predicted octanol–water partition coefficient (Wildman–Crippen LogP) is 5.79. The van der Waals surface area contributed by atoms with Gasteiger partial charge in [0.1, 0.15) is 5.60 Å². The Kier molecular flexibility index (Phi) is 12.2. The van der Waals surface area contributed by atoms with Gasteiger partial charge in [0.2, 0.25) is 0 Å². The van der Waals surface area contributed by atoms with Crippen LogP contribution in [0.3, 0.4) is 0 Å². The first-order valence-corrected chi connectivity index (χ1v) is 9.96. The summed E-state index contributed by atoms with van der Waals surface area (Å²) in [5, 5.41) is 0. The molecule has 0 radical (unpaired) electrons. The standard InChI is InChI=1S/C19H32O3S.H3N/c1-4-7-8-9-10-11-14-17-15-12-13-16-18(17)19(5-2,6-3)22-23(20)21;/h12-13,15-16H,4-11,14H2,1-3H3,(H,20,21);1H3. The third-order valence-corrected chi connectivity index (χ3v) is 5.13. The maximum absolute atomic E-state index is 11.2. The van der Waals surface area contributed by atoms with Gasteiger partial charge in [0.25, 0.3) is 0 Å². The first kappa shape index (κ1) is 23.2. The summed E-state index contributed by atoms with van der Waals surface area (Å²) in [4.78, 5) is 0. The van der Waals surface area contributed by atoms with Crippen molar-refractivity contribution in [3.63, 3.8) is 0 Å². The van der Waals surface area contributed by atoms with E-state index in [0.29, 0.717) is 12.8 Å². The third-order valence-electron chi connectivity index (χ3n) is 4.68. The summed E-state index contributed by atoms with van der Waals surface area (Å²) in [5.41, 5.74) is 1.52. The number of aryl methyl sites for hydroxylation is 1. The van der Waals surface area contributed by atoms with Crippen LogP contribution in [0.5, 0.6) is 0 Å². The molecule has 0 saturated carbocycles. The monoisotopic (exact) mass is 357 g/mol. The summed E-state index contributed by atoms with van der Waals surface area (Å²) in [6, 6.07) is 8.13. The van der Waals surface area contributed by atoms with Gasteiger partial charge in [-0.15, -0.1) is 0 Å². The van der Waals surface area contributed by atoms with E-state index in [1.54, 1.807) is 0 Å². The number of benzene rings is 1. The minimum atomic E-state index is -2.50. The van der Waals surface area contributed by atoms with Gasteiger partial charge in [-0.3, -0.25) is 4.18 Å². The molecule has 0 aliphatic carbocycles. The topological polar surface area (TPSA) is 85.9 Å². The summed E-state index contributed by atoms with van der Waals surface area (Å²) in [6.07, 6.45) is 9.82. The highest BCUT2D eigenvalue weighted by Gasteiger charge is 2.32. The smallest absolute Gasteiger partial charge is 0.109 e. The zero-order chi connectivity index (χ0) is 17.1. The molecule has 5 heteroatoms. The molecule has 1 aromatic rings. The van der Waals surface area contributed by atoms with E-state index in [-0.39, 0.29) is 6.15 Å². The number of quaternary nitrogens is 1. The van der Waals surface area contributed by atoms with Crippen LogP contribution in [0.1, 0.15) is 83.3 Å². The van der Waals surface area contributed by atoms with Crippen LogP contribution in [0.15, 0.2) is 24.3 Å². The van der Waals surface area contributed by atoms with Gasteiger partial charge in [-0.2, -0.15) is 0 Å². The zero-order valence-corrected chi connectivity index (χ0v) is 16.6. The van der Waals surface area contributed by atoms with E-state index in [1.807, 2.05) is 32.0 Å². The lowest BCUT2D eigenvalue weighted by molar-refractivity contribution is 0.0606. The summed E-state index contributed by atoms with van der Waals surface area (Å²) in [5.74, 6) is 0. The van der Waals surface area contributed by atoms with E-state index in [9.17, 15) is 8.76 Å². The molecule has 1 rings (SSSR count). The molecule has 0 aliphatic heterocycles. The van der Waals surface area contributed by atoms with Crippen LogP contribution >= 0.6 is 0 Å². The van der Waals surface area contributed by atoms with E-state index >= 15 is 0 Å². The summed E-state index contributed by atoms with van der Waals surface area (Å²) < 4.78 is 27.7. The highest BCUT2D eigenvalue weighted by atomic mass is 32.2. The lowest BCUT2D eigenvalue weighted by Crippen LogP contribution is -2.30. The van der Waals surface area contributed by atoms with Crippen molar-refractivity contribution in [1.82, 2.24) is 6.15 Å². The van der Waals surface area contributed by atoms with E-state index in [2.05, 4.69) is 13.0 Å². The molecular formula is C19H35NO3S. The van der Waals surface area contributed by atoms with Gasteiger partial charge in [-0.05, 0) is 36.8 Å². The van der Waals surface area contributed by atoms with E-state index in [1.165, 1.54) is 37.7 Å². The van der Waals surface area contributed by atoms with Crippen LogP contribution in [0.4, 0.5) is 0 Å². The molecule has 0 heterocycles. The molecule has 0 fully saturated rings. The lowest BCUT2D eigenvalue weighted by atomic mass is 9.84. The van der Waals surface area contributed by atoms with Crippen molar-refractivity contribution < 1.29 is 12.9 Å². The fraction of sp³-hybridized carbons (Fsp3) is 0.684. The molecule has 0 saturated heterocycles. The van der Waals surface area contributed by atoms with Crippen molar-refractivity contribution >= 4 is 11.4 Å². The maximum atomic E-state index is 11.2. The SMILES string of the molecule is CCCCCCCCc1ccccc1C(CC)(CC)OS(=O)[O-].[NH4+]. The molecule has 0 spiro atoms. The van der Waals surface area contributed by atoms with E-state index in [0.717, 1.165) is 18.4 Å². The van der Waals surface area contributed by atoms with Crippen LogP contribution in [-0.4, -0.2) is 8.76 Å². The number of unbranched alkanes of at least 4 members (excludes halogenated alkanes) is 5. The van der Waals surface area contributed by atoms with Crippen molar-refractivity contribution in [2.45, 2.75) is 84.2 Å². The van der Waals surface area contributed by atoms with E-state index in [4.69, 9.17) is 4.18 Å². The van der Waals surface area contributed by atoms with Crippen molar-refractivity contribution in [2.75, 3.05) is 0 Å². The Hall–Kier alpha value is -0.750. The minimum Gasteiger partial charge on any atom is -0.750 e. The molecule has 140 valence electrons. The molecule has 0 aromatic heterocycles. The molecule has 1 atom stereocenters. The fourth-order valence-electron chi connectivity index (χ4n) is 3.20. The van der Waals surface area contributed by atoms with Gasteiger partial charge in [0, 0.05) is 0 Å². The van der Waals surface area contributed by atoms with Crippen LogP contribution in [0, 0.1) is 0 Å². The van der Waals surface area contributed by atoms with Crippen molar-refractivity contribution in [1.29, 1.82) is 0 Å². The Balaban J connectivity index is 0.00000529. The Bertz CT molecular complexity index is 475. The van der Waals surface area contributed by atoms with Crippen molar-refractivity contribution in [3.8, 4) is 0 Å². The quantitative estimate of drug-likeness (QED) is 0.379. The Morgan fingerprint density at radius 1 is 1.00 bits per heavy atom. The molecule has 4 N–H and O–H groups in total. The first-order valence-electron chi connectivity index (χ1n) is 8.96. The van der Waals surface area contributed by atoms with Crippen LogP contribution in [0.25, 0.3) is 0 Å².